The second-order valence-electron chi connectivity index (χ2n) is 5.28. The predicted octanol–water partition coefficient (Wildman–Crippen LogP) is 3.89. The van der Waals surface area contributed by atoms with Gasteiger partial charge in [0.25, 0.3) is 5.91 Å². The summed E-state index contributed by atoms with van der Waals surface area (Å²) < 4.78 is 2.81. The van der Waals surface area contributed by atoms with Gasteiger partial charge < -0.3 is 5.32 Å². The molecule has 1 N–H and O–H groups in total. The third-order valence-electron chi connectivity index (χ3n) is 3.50. The average Bonchev–Trinajstić information content (AvgIpc) is 2.82. The number of unbranched alkanes of at least 4 members (excludes halogenated alkanes) is 2. The largest absolute Gasteiger partial charge is 0.351 e. The number of hydrogen-bond acceptors (Lipinski definition) is 2. The fourth-order valence-electron chi connectivity index (χ4n) is 2.43. The molecule has 2 aromatic rings. The third kappa shape index (κ3) is 3.46. The van der Waals surface area contributed by atoms with Crippen LogP contribution in [-0.4, -0.2) is 21.8 Å². The van der Waals surface area contributed by atoms with E-state index < -0.39 is 0 Å². The van der Waals surface area contributed by atoms with Crippen molar-refractivity contribution in [3.05, 3.63) is 33.7 Å². The Kier molecular flexibility index (Phi) is 5.39. The Balaban J connectivity index is 2.35. The minimum absolute atomic E-state index is 0.0343. The van der Waals surface area contributed by atoms with E-state index >= 15 is 0 Å². The van der Waals surface area contributed by atoms with Gasteiger partial charge in [-0.3, -0.25) is 9.20 Å². The number of hydrogen-bond donors (Lipinski definition) is 1. The molecule has 21 heavy (non-hydrogen) atoms. The van der Waals surface area contributed by atoms with Crippen molar-refractivity contribution in [2.45, 2.75) is 46.5 Å². The van der Waals surface area contributed by atoms with Crippen LogP contribution in [0.2, 0.25) is 0 Å². The molecule has 5 heteroatoms. The van der Waals surface area contributed by atoms with Crippen LogP contribution in [0, 0.1) is 6.92 Å². The number of fused-ring (bicyclic) bond motifs is 1. The van der Waals surface area contributed by atoms with Gasteiger partial charge in [-0.05, 0) is 47.3 Å². The summed E-state index contributed by atoms with van der Waals surface area (Å²) in [6, 6.07) is 2.02. The fraction of sp³-hybridized carbons (Fsp3) is 0.500. The lowest BCUT2D eigenvalue weighted by Gasteiger charge is -2.07. The summed E-state index contributed by atoms with van der Waals surface area (Å²) in [5, 5.41) is 3.01. The monoisotopic (exact) mass is 351 g/mol. The van der Waals surface area contributed by atoms with Crippen molar-refractivity contribution in [1.29, 1.82) is 0 Å². The number of imidazole rings is 1. The summed E-state index contributed by atoms with van der Waals surface area (Å²) in [6.45, 7) is 6.91. The molecular weight excluding hydrogens is 330 g/mol. The van der Waals surface area contributed by atoms with Crippen molar-refractivity contribution < 1.29 is 4.79 Å². The first-order valence-corrected chi connectivity index (χ1v) is 8.33. The van der Waals surface area contributed by atoms with E-state index in [1.165, 1.54) is 0 Å². The van der Waals surface area contributed by atoms with E-state index in [-0.39, 0.29) is 5.91 Å². The quantitative estimate of drug-likeness (QED) is 0.802. The number of carbonyl (C=O) groups is 1. The van der Waals surface area contributed by atoms with E-state index in [9.17, 15) is 4.79 Å². The minimum atomic E-state index is -0.0343. The number of nitrogens with one attached hydrogen (secondary N) is 1. The zero-order valence-electron chi connectivity index (χ0n) is 12.9. The molecule has 2 aromatic heterocycles. The summed E-state index contributed by atoms with van der Waals surface area (Å²) in [4.78, 5) is 17.1. The minimum Gasteiger partial charge on any atom is -0.351 e. The third-order valence-corrected chi connectivity index (χ3v) is 4.08. The number of aryl methyl sites for hydroxylation is 2. The van der Waals surface area contributed by atoms with Crippen LogP contribution < -0.4 is 5.32 Å². The standard InChI is InChI=1S/C16H22BrN3O/c1-4-6-7-8-18-16(21)14-13(5-2)19-15-12(17)9-11(3)10-20(14)15/h9-10H,4-8H2,1-3H3,(H,18,21). The molecule has 0 atom stereocenters. The van der Waals surface area contributed by atoms with Crippen LogP contribution in [0.5, 0.6) is 0 Å². The zero-order valence-corrected chi connectivity index (χ0v) is 14.5. The Hall–Kier alpha value is -1.36. The Morgan fingerprint density at radius 2 is 2.14 bits per heavy atom. The molecule has 0 aromatic carbocycles. The summed E-state index contributed by atoms with van der Waals surface area (Å²) in [7, 11) is 0. The molecule has 0 aliphatic heterocycles. The molecule has 1 amide bonds. The van der Waals surface area contributed by atoms with Crippen LogP contribution in [0.4, 0.5) is 0 Å². The molecule has 0 unspecified atom stereocenters. The molecule has 0 aliphatic carbocycles. The topological polar surface area (TPSA) is 46.4 Å². The number of nitrogens with zero attached hydrogens (tertiary/aromatic N) is 2. The molecule has 0 saturated carbocycles. The van der Waals surface area contributed by atoms with Gasteiger partial charge in [-0.25, -0.2) is 4.98 Å². The van der Waals surface area contributed by atoms with E-state index in [4.69, 9.17) is 0 Å². The molecule has 2 heterocycles. The Bertz CT molecular complexity index is 648. The van der Waals surface area contributed by atoms with Gasteiger partial charge in [0.15, 0.2) is 5.65 Å². The summed E-state index contributed by atoms with van der Waals surface area (Å²) in [6.07, 6.45) is 6.01. The van der Waals surface area contributed by atoms with Crippen molar-refractivity contribution in [3.63, 3.8) is 0 Å². The van der Waals surface area contributed by atoms with E-state index in [2.05, 4.69) is 33.2 Å². The van der Waals surface area contributed by atoms with Crippen molar-refractivity contribution >= 4 is 27.5 Å². The maximum absolute atomic E-state index is 12.5. The van der Waals surface area contributed by atoms with Crippen molar-refractivity contribution in [2.24, 2.45) is 0 Å². The smallest absolute Gasteiger partial charge is 0.270 e. The fourth-order valence-corrected chi connectivity index (χ4v) is 3.07. The van der Waals surface area contributed by atoms with Crippen LogP contribution in [0.1, 0.15) is 54.9 Å². The molecule has 0 spiro atoms. The van der Waals surface area contributed by atoms with Crippen LogP contribution in [-0.2, 0) is 6.42 Å². The second-order valence-corrected chi connectivity index (χ2v) is 6.14. The van der Waals surface area contributed by atoms with Gasteiger partial charge in [-0.1, -0.05) is 26.7 Å². The normalized spacial score (nSPS) is 11.0. The van der Waals surface area contributed by atoms with E-state index in [1.807, 2.05) is 30.5 Å². The van der Waals surface area contributed by atoms with Gasteiger partial charge in [-0.2, -0.15) is 0 Å². The van der Waals surface area contributed by atoms with Gasteiger partial charge in [0.1, 0.15) is 5.69 Å². The van der Waals surface area contributed by atoms with Gasteiger partial charge in [0.2, 0.25) is 0 Å². The van der Waals surface area contributed by atoms with Crippen LogP contribution in [0.15, 0.2) is 16.7 Å². The van der Waals surface area contributed by atoms with Crippen LogP contribution >= 0.6 is 15.9 Å². The first-order valence-electron chi connectivity index (χ1n) is 7.53. The highest BCUT2D eigenvalue weighted by Crippen LogP contribution is 2.23. The zero-order chi connectivity index (χ0) is 15.4. The Labute approximate surface area is 134 Å². The number of amides is 1. The Morgan fingerprint density at radius 1 is 1.38 bits per heavy atom. The molecular formula is C16H22BrN3O. The second kappa shape index (κ2) is 7.07. The molecule has 0 radical (unpaired) electrons. The van der Waals surface area contributed by atoms with E-state index in [0.29, 0.717) is 5.69 Å². The maximum Gasteiger partial charge on any atom is 0.270 e. The number of aromatic nitrogens is 2. The highest BCUT2D eigenvalue weighted by atomic mass is 79.9. The summed E-state index contributed by atoms with van der Waals surface area (Å²) in [5.74, 6) is -0.0343. The first kappa shape index (κ1) is 16.0. The SMILES string of the molecule is CCCCCNC(=O)c1c(CC)nc2c(Br)cc(C)cn12. The van der Waals surface area contributed by atoms with Gasteiger partial charge in [0, 0.05) is 12.7 Å². The molecule has 0 bridgehead atoms. The number of pyridine rings is 1. The molecule has 114 valence electrons. The number of carbonyl (C=O) groups excluding carboxylic acids is 1. The van der Waals surface area contributed by atoms with E-state index in [1.54, 1.807) is 0 Å². The molecule has 0 aliphatic rings. The molecule has 2 rings (SSSR count). The van der Waals surface area contributed by atoms with Crippen molar-refractivity contribution in [1.82, 2.24) is 14.7 Å². The van der Waals surface area contributed by atoms with Crippen LogP contribution in [0.25, 0.3) is 5.65 Å². The predicted molar refractivity (Wildman–Crippen MR) is 88.9 cm³/mol. The van der Waals surface area contributed by atoms with E-state index in [0.717, 1.165) is 53.6 Å². The molecule has 0 saturated heterocycles. The maximum atomic E-state index is 12.5. The Morgan fingerprint density at radius 3 is 2.81 bits per heavy atom. The lowest BCUT2D eigenvalue weighted by molar-refractivity contribution is 0.0946. The van der Waals surface area contributed by atoms with Crippen molar-refractivity contribution in [2.75, 3.05) is 6.54 Å². The molecule has 4 nitrogen and oxygen atoms in total. The summed E-state index contributed by atoms with van der Waals surface area (Å²) >= 11 is 3.53. The van der Waals surface area contributed by atoms with Gasteiger partial charge in [0.05, 0.1) is 10.2 Å². The highest BCUT2D eigenvalue weighted by molar-refractivity contribution is 9.10. The first-order chi connectivity index (χ1) is 10.1. The highest BCUT2D eigenvalue weighted by Gasteiger charge is 2.19. The van der Waals surface area contributed by atoms with Gasteiger partial charge in [-0.15, -0.1) is 0 Å². The lowest BCUT2D eigenvalue weighted by atomic mass is 10.2. The van der Waals surface area contributed by atoms with Crippen LogP contribution in [0.3, 0.4) is 0 Å². The summed E-state index contributed by atoms with van der Waals surface area (Å²) in [5.41, 5.74) is 3.40. The average molecular weight is 352 g/mol. The van der Waals surface area contributed by atoms with Gasteiger partial charge >= 0.3 is 0 Å². The molecule has 0 fully saturated rings. The number of rotatable bonds is 6. The van der Waals surface area contributed by atoms with Crippen molar-refractivity contribution in [3.8, 4) is 0 Å². The number of halogens is 1. The lowest BCUT2D eigenvalue weighted by Crippen LogP contribution is -2.26.